The molecule has 7 nitrogen and oxygen atoms in total. The minimum atomic E-state index is -1.65. The Bertz CT molecular complexity index is 964. The summed E-state index contributed by atoms with van der Waals surface area (Å²) >= 11 is 0. The predicted molar refractivity (Wildman–Crippen MR) is 120 cm³/mol. The van der Waals surface area contributed by atoms with Gasteiger partial charge in [-0.15, -0.1) is 0 Å². The van der Waals surface area contributed by atoms with E-state index < -0.39 is 27.6 Å². The summed E-state index contributed by atoms with van der Waals surface area (Å²) in [5.74, 6) is -2.11. The number of nitrogens with one attached hydrogen (secondary N) is 1. The number of methoxy groups -OCH3 is 1. The monoisotopic (exact) mass is 463 g/mol. The topological polar surface area (TPSA) is 95.9 Å². The minimum Gasteiger partial charge on any atom is -0.481 e. The number of halogens is 1. The highest BCUT2D eigenvalue weighted by atomic mass is 19.2. The average Bonchev–Trinajstić information content (AvgIpc) is 3.01. The third kappa shape index (κ3) is 3.62. The SMILES string of the molecule is CCC(O)(C1=CC(=O)C2=C(C1)CC1C[N+]3(F)C(OC)=CCCC3C1N2)C(C(=O)O)C(C)(C)C. The molecule has 33 heavy (non-hydrogen) atoms. The number of carbonyl (C=O) groups is 2. The standard InChI is InChI=1S/C25H35FN2O5/c1-6-25(32,22(23(30)31)24(2,3)4)16-11-14-10-15-13-28(26)17(8-7-9-19(28)33-5)20(15)27-21(14)18(29)12-16/h9,12,15,17,20,22,27,32H,6-8,10-11,13H2,1-5H3/p+1. The first-order valence-electron chi connectivity index (χ1n) is 11.9. The molecule has 4 rings (SSSR count). The van der Waals surface area contributed by atoms with Crippen molar-refractivity contribution < 1.29 is 33.7 Å². The van der Waals surface area contributed by atoms with Crippen molar-refractivity contribution in [3.8, 4) is 0 Å². The Morgan fingerprint density at radius 2 is 2.09 bits per heavy atom. The highest BCUT2D eigenvalue weighted by Crippen LogP contribution is 2.50. The second kappa shape index (κ2) is 7.94. The zero-order chi connectivity index (χ0) is 24.3. The molecule has 182 valence electrons. The molecule has 3 aliphatic heterocycles. The fourth-order valence-corrected chi connectivity index (χ4v) is 6.76. The number of ketones is 1. The van der Waals surface area contributed by atoms with Crippen LogP contribution < -0.4 is 5.32 Å². The molecule has 0 amide bonds. The number of quaternary nitrogens is 1. The molecule has 6 unspecified atom stereocenters. The number of aliphatic hydroxyl groups is 1. The van der Waals surface area contributed by atoms with Crippen LogP contribution in [0, 0.1) is 17.3 Å². The summed E-state index contributed by atoms with van der Waals surface area (Å²) < 4.78 is 20.6. The van der Waals surface area contributed by atoms with Gasteiger partial charge in [0.2, 0.25) is 5.78 Å². The van der Waals surface area contributed by atoms with Gasteiger partial charge in [-0.1, -0.05) is 32.4 Å². The van der Waals surface area contributed by atoms with Gasteiger partial charge in [-0.2, -0.15) is 0 Å². The Morgan fingerprint density at radius 1 is 1.39 bits per heavy atom. The van der Waals surface area contributed by atoms with Crippen LogP contribution >= 0.6 is 0 Å². The Hall–Kier alpha value is -2.19. The second-order valence-electron chi connectivity index (χ2n) is 11.1. The van der Waals surface area contributed by atoms with Crippen molar-refractivity contribution in [3.05, 3.63) is 34.9 Å². The fraction of sp³-hybridized carbons (Fsp3) is 0.680. The number of ether oxygens (including phenoxy) is 1. The fourth-order valence-electron chi connectivity index (χ4n) is 6.76. The molecular formula is C25H36FN2O5+. The summed E-state index contributed by atoms with van der Waals surface area (Å²) in [6.45, 7) is 7.37. The van der Waals surface area contributed by atoms with Gasteiger partial charge in [-0.05, 0) is 48.3 Å². The summed E-state index contributed by atoms with van der Waals surface area (Å²) in [7, 11) is 1.49. The van der Waals surface area contributed by atoms with E-state index in [1.807, 2.05) is 6.08 Å². The quantitative estimate of drug-likeness (QED) is 0.541. The predicted octanol–water partition coefficient (Wildman–Crippen LogP) is 3.37. The maximum atomic E-state index is 16.0. The van der Waals surface area contributed by atoms with Crippen LogP contribution in [0.1, 0.15) is 59.8 Å². The summed E-state index contributed by atoms with van der Waals surface area (Å²) in [4.78, 5) is 25.4. The summed E-state index contributed by atoms with van der Waals surface area (Å²) in [6.07, 6.45) is 5.66. The van der Waals surface area contributed by atoms with Gasteiger partial charge in [0.25, 0.3) is 0 Å². The molecule has 0 saturated carbocycles. The first-order chi connectivity index (χ1) is 15.4. The number of carbonyl (C=O) groups excluding carboxylic acids is 1. The second-order valence-corrected chi connectivity index (χ2v) is 11.1. The lowest BCUT2D eigenvalue weighted by molar-refractivity contribution is -1.05. The van der Waals surface area contributed by atoms with Gasteiger partial charge in [0.15, 0.2) is 6.04 Å². The number of fused-ring (bicyclic) bond motifs is 3. The maximum Gasteiger partial charge on any atom is 0.326 e. The van der Waals surface area contributed by atoms with Gasteiger partial charge in [0, 0.05) is 22.9 Å². The summed E-state index contributed by atoms with van der Waals surface area (Å²) in [5, 5.41) is 25.0. The normalized spacial score (nSPS) is 34.2. The number of rotatable bonds is 5. The molecule has 0 aromatic carbocycles. The van der Waals surface area contributed by atoms with Crippen LogP contribution in [0.5, 0.6) is 0 Å². The van der Waals surface area contributed by atoms with Crippen LogP contribution in [0.4, 0.5) is 4.48 Å². The van der Waals surface area contributed by atoms with Crippen LogP contribution in [-0.2, 0) is 14.3 Å². The first kappa shape index (κ1) is 24.0. The largest absolute Gasteiger partial charge is 0.481 e. The molecule has 1 fully saturated rings. The van der Waals surface area contributed by atoms with Crippen molar-refractivity contribution in [2.75, 3.05) is 13.7 Å². The molecule has 3 N–H and O–H groups in total. The Labute approximate surface area is 194 Å². The molecule has 0 spiro atoms. The maximum absolute atomic E-state index is 16.0. The van der Waals surface area contributed by atoms with E-state index in [0.717, 1.165) is 12.0 Å². The molecule has 4 aliphatic rings. The van der Waals surface area contributed by atoms with E-state index in [0.29, 0.717) is 36.4 Å². The number of aliphatic carboxylic acids is 1. The Balaban J connectivity index is 1.64. The smallest absolute Gasteiger partial charge is 0.326 e. The van der Waals surface area contributed by atoms with Gasteiger partial charge < -0.3 is 20.3 Å². The van der Waals surface area contributed by atoms with Gasteiger partial charge in [0.1, 0.15) is 6.54 Å². The Kier molecular flexibility index (Phi) is 5.77. The number of hydrogen-bond donors (Lipinski definition) is 3. The van der Waals surface area contributed by atoms with Crippen molar-refractivity contribution in [1.82, 2.24) is 5.32 Å². The van der Waals surface area contributed by atoms with Crippen LogP contribution in [0.2, 0.25) is 0 Å². The van der Waals surface area contributed by atoms with E-state index in [2.05, 4.69) is 5.32 Å². The third-order valence-corrected chi connectivity index (χ3v) is 8.12. The van der Waals surface area contributed by atoms with Gasteiger partial charge in [-0.3, -0.25) is 9.59 Å². The number of carboxylic acid groups (broad SMARTS) is 1. The number of carboxylic acids is 1. The molecule has 0 aromatic heterocycles. The molecule has 3 heterocycles. The average molecular weight is 464 g/mol. The number of allylic oxidation sites excluding steroid dienone is 3. The molecule has 6 atom stereocenters. The van der Waals surface area contributed by atoms with Gasteiger partial charge in [-0.25, -0.2) is 0 Å². The lowest BCUT2D eigenvalue weighted by Crippen LogP contribution is -2.54. The zero-order valence-corrected chi connectivity index (χ0v) is 20.2. The van der Waals surface area contributed by atoms with Crippen molar-refractivity contribution >= 4 is 11.8 Å². The van der Waals surface area contributed by atoms with Crippen molar-refractivity contribution in [3.63, 3.8) is 0 Å². The van der Waals surface area contributed by atoms with Crippen molar-refractivity contribution in [2.24, 2.45) is 17.3 Å². The van der Waals surface area contributed by atoms with Crippen LogP contribution in [0.3, 0.4) is 0 Å². The van der Waals surface area contributed by atoms with Crippen molar-refractivity contribution in [1.29, 1.82) is 0 Å². The van der Waals surface area contributed by atoms with Crippen LogP contribution in [-0.4, -0.2) is 58.0 Å². The van der Waals surface area contributed by atoms with E-state index in [1.54, 1.807) is 27.7 Å². The molecule has 1 aliphatic carbocycles. The zero-order valence-electron chi connectivity index (χ0n) is 20.2. The highest BCUT2D eigenvalue weighted by molar-refractivity contribution is 6.06. The lowest BCUT2D eigenvalue weighted by Gasteiger charge is -2.44. The summed E-state index contributed by atoms with van der Waals surface area (Å²) in [5.41, 5.74) is -0.607. The molecule has 0 radical (unpaired) electrons. The first-order valence-corrected chi connectivity index (χ1v) is 11.9. The third-order valence-electron chi connectivity index (χ3n) is 8.12. The van der Waals surface area contributed by atoms with Gasteiger partial charge in [0.05, 0.1) is 30.4 Å². The summed E-state index contributed by atoms with van der Waals surface area (Å²) in [6, 6.07) is -0.482. The van der Waals surface area contributed by atoms with E-state index >= 15 is 4.48 Å². The minimum absolute atomic E-state index is 0.0184. The number of hydrogen-bond acceptors (Lipinski definition) is 5. The van der Waals surface area contributed by atoms with Gasteiger partial charge >= 0.3 is 11.9 Å². The van der Waals surface area contributed by atoms with E-state index in [1.165, 1.54) is 13.2 Å². The van der Waals surface area contributed by atoms with Crippen LogP contribution in [0.25, 0.3) is 0 Å². The molecule has 1 saturated heterocycles. The van der Waals surface area contributed by atoms with E-state index in [9.17, 15) is 19.8 Å². The molecular weight excluding hydrogens is 427 g/mol. The lowest BCUT2D eigenvalue weighted by atomic mass is 9.64. The molecule has 0 bridgehead atoms. The molecule has 8 heteroatoms. The Morgan fingerprint density at radius 3 is 2.67 bits per heavy atom. The van der Waals surface area contributed by atoms with Crippen molar-refractivity contribution in [2.45, 2.75) is 77.5 Å². The van der Waals surface area contributed by atoms with E-state index in [-0.39, 0.29) is 36.8 Å². The molecule has 0 aromatic rings. The van der Waals surface area contributed by atoms with E-state index in [4.69, 9.17) is 4.74 Å². The van der Waals surface area contributed by atoms with Crippen LogP contribution in [0.15, 0.2) is 34.9 Å². The number of nitrogens with zero attached hydrogens (tertiary/aromatic N) is 1. The highest BCUT2D eigenvalue weighted by Gasteiger charge is 2.62.